The van der Waals surface area contributed by atoms with Crippen LogP contribution in [0.3, 0.4) is 0 Å². The van der Waals surface area contributed by atoms with E-state index in [-0.39, 0.29) is 11.9 Å². The van der Waals surface area contributed by atoms with E-state index in [1.54, 1.807) is 6.20 Å². The highest BCUT2D eigenvalue weighted by atomic mass is 19.1. The Kier molecular flexibility index (Phi) is 5.69. The summed E-state index contributed by atoms with van der Waals surface area (Å²) in [6.45, 7) is 5.57. The van der Waals surface area contributed by atoms with Crippen LogP contribution in [-0.2, 0) is 0 Å². The van der Waals surface area contributed by atoms with E-state index in [0.717, 1.165) is 29.8 Å². The summed E-state index contributed by atoms with van der Waals surface area (Å²) in [5, 5.41) is 3.36. The van der Waals surface area contributed by atoms with E-state index >= 15 is 0 Å². The van der Waals surface area contributed by atoms with Crippen molar-refractivity contribution in [2.75, 3.05) is 13.2 Å². The quantitative estimate of drug-likeness (QED) is 0.843. The summed E-state index contributed by atoms with van der Waals surface area (Å²) < 4.78 is 19.1. The molecule has 0 radical (unpaired) electrons. The van der Waals surface area contributed by atoms with Crippen LogP contribution in [-0.4, -0.2) is 18.1 Å². The standard InChI is InChI=1S/C17H21FN2O/c1-3-8-21-16-7-5-6-13(10-16)17(20-4-2)14-9-15(18)12-19-11-14/h5-7,9-12,17,20H,3-4,8H2,1-2H3. The molecule has 0 spiro atoms. The summed E-state index contributed by atoms with van der Waals surface area (Å²) in [4.78, 5) is 3.94. The second kappa shape index (κ2) is 7.74. The fourth-order valence-electron chi connectivity index (χ4n) is 2.22. The minimum Gasteiger partial charge on any atom is -0.494 e. The molecule has 0 aliphatic heterocycles. The number of rotatable bonds is 7. The normalized spacial score (nSPS) is 12.1. The van der Waals surface area contributed by atoms with Gasteiger partial charge >= 0.3 is 0 Å². The SMILES string of the molecule is CCCOc1cccc(C(NCC)c2cncc(F)c2)c1. The van der Waals surface area contributed by atoms with E-state index in [1.165, 1.54) is 12.3 Å². The molecule has 1 aromatic heterocycles. The number of hydrogen-bond acceptors (Lipinski definition) is 3. The second-order valence-electron chi connectivity index (χ2n) is 4.85. The molecule has 3 nitrogen and oxygen atoms in total. The van der Waals surface area contributed by atoms with Crippen molar-refractivity contribution >= 4 is 0 Å². The molecule has 4 heteroatoms. The number of halogens is 1. The molecule has 1 aromatic carbocycles. The lowest BCUT2D eigenvalue weighted by Crippen LogP contribution is -2.22. The Morgan fingerprint density at radius 2 is 2.05 bits per heavy atom. The molecule has 1 heterocycles. The van der Waals surface area contributed by atoms with E-state index in [9.17, 15) is 4.39 Å². The van der Waals surface area contributed by atoms with Gasteiger partial charge in [0.1, 0.15) is 11.6 Å². The van der Waals surface area contributed by atoms with Gasteiger partial charge in [-0.3, -0.25) is 4.98 Å². The van der Waals surface area contributed by atoms with Gasteiger partial charge in [0.05, 0.1) is 18.8 Å². The summed E-state index contributed by atoms with van der Waals surface area (Å²) in [5.41, 5.74) is 1.85. The van der Waals surface area contributed by atoms with Crippen LogP contribution in [0.25, 0.3) is 0 Å². The number of aromatic nitrogens is 1. The van der Waals surface area contributed by atoms with Crippen LogP contribution in [0.15, 0.2) is 42.7 Å². The third-order valence-corrected chi connectivity index (χ3v) is 3.13. The molecular weight excluding hydrogens is 267 g/mol. The van der Waals surface area contributed by atoms with Crippen molar-refractivity contribution in [1.29, 1.82) is 0 Å². The van der Waals surface area contributed by atoms with Crippen molar-refractivity contribution in [2.45, 2.75) is 26.3 Å². The maximum atomic E-state index is 13.4. The molecule has 0 bridgehead atoms. The molecule has 112 valence electrons. The third kappa shape index (κ3) is 4.26. The molecular formula is C17H21FN2O. The largest absolute Gasteiger partial charge is 0.494 e. The fourth-order valence-corrected chi connectivity index (χ4v) is 2.22. The number of benzene rings is 1. The number of nitrogens with one attached hydrogen (secondary N) is 1. The van der Waals surface area contributed by atoms with Crippen molar-refractivity contribution in [3.8, 4) is 5.75 Å². The number of ether oxygens (including phenoxy) is 1. The molecule has 21 heavy (non-hydrogen) atoms. The molecule has 1 atom stereocenters. The Hall–Kier alpha value is -1.94. The van der Waals surface area contributed by atoms with Gasteiger partial charge in [-0.1, -0.05) is 26.0 Å². The minimum absolute atomic E-state index is 0.0941. The summed E-state index contributed by atoms with van der Waals surface area (Å²) in [6.07, 6.45) is 3.87. The van der Waals surface area contributed by atoms with Crippen LogP contribution < -0.4 is 10.1 Å². The van der Waals surface area contributed by atoms with Gasteiger partial charge in [-0.05, 0) is 42.3 Å². The summed E-state index contributed by atoms with van der Waals surface area (Å²) in [6, 6.07) is 9.32. The summed E-state index contributed by atoms with van der Waals surface area (Å²) in [7, 11) is 0. The monoisotopic (exact) mass is 288 g/mol. The van der Waals surface area contributed by atoms with Crippen molar-refractivity contribution < 1.29 is 9.13 Å². The number of hydrogen-bond donors (Lipinski definition) is 1. The zero-order valence-corrected chi connectivity index (χ0v) is 12.5. The smallest absolute Gasteiger partial charge is 0.141 e. The lowest BCUT2D eigenvalue weighted by Gasteiger charge is -2.19. The Bertz CT molecular complexity index is 574. The first-order valence-electron chi connectivity index (χ1n) is 7.31. The Morgan fingerprint density at radius 3 is 2.76 bits per heavy atom. The average molecular weight is 288 g/mol. The van der Waals surface area contributed by atoms with E-state index < -0.39 is 0 Å². The lowest BCUT2D eigenvalue weighted by atomic mass is 10.00. The van der Waals surface area contributed by atoms with Gasteiger partial charge in [0, 0.05) is 6.20 Å². The Morgan fingerprint density at radius 1 is 1.19 bits per heavy atom. The molecule has 1 N–H and O–H groups in total. The highest BCUT2D eigenvalue weighted by molar-refractivity contribution is 5.36. The zero-order chi connectivity index (χ0) is 15.1. The topological polar surface area (TPSA) is 34.1 Å². The first kappa shape index (κ1) is 15.4. The molecule has 0 fully saturated rings. The predicted octanol–water partition coefficient (Wildman–Crippen LogP) is 3.71. The average Bonchev–Trinajstić information content (AvgIpc) is 2.51. The maximum Gasteiger partial charge on any atom is 0.141 e. The Labute approximate surface area is 125 Å². The van der Waals surface area contributed by atoms with Gasteiger partial charge in [-0.2, -0.15) is 0 Å². The predicted molar refractivity (Wildman–Crippen MR) is 81.9 cm³/mol. The van der Waals surface area contributed by atoms with Crippen molar-refractivity contribution in [3.63, 3.8) is 0 Å². The van der Waals surface area contributed by atoms with Crippen molar-refractivity contribution in [3.05, 3.63) is 59.7 Å². The fraction of sp³-hybridized carbons (Fsp3) is 0.353. The van der Waals surface area contributed by atoms with Crippen LogP contribution in [0, 0.1) is 5.82 Å². The van der Waals surface area contributed by atoms with Crippen LogP contribution in [0.5, 0.6) is 5.75 Å². The van der Waals surface area contributed by atoms with Crippen LogP contribution >= 0.6 is 0 Å². The van der Waals surface area contributed by atoms with Crippen LogP contribution in [0.2, 0.25) is 0 Å². The minimum atomic E-state index is -0.325. The van der Waals surface area contributed by atoms with E-state index in [2.05, 4.69) is 17.2 Å². The van der Waals surface area contributed by atoms with Crippen molar-refractivity contribution in [1.82, 2.24) is 10.3 Å². The molecule has 1 unspecified atom stereocenters. The zero-order valence-electron chi connectivity index (χ0n) is 12.5. The number of nitrogens with zero attached hydrogens (tertiary/aromatic N) is 1. The lowest BCUT2D eigenvalue weighted by molar-refractivity contribution is 0.317. The van der Waals surface area contributed by atoms with Crippen molar-refractivity contribution in [2.24, 2.45) is 0 Å². The van der Waals surface area contributed by atoms with Gasteiger partial charge in [0.15, 0.2) is 0 Å². The third-order valence-electron chi connectivity index (χ3n) is 3.13. The first-order chi connectivity index (χ1) is 10.2. The highest BCUT2D eigenvalue weighted by Gasteiger charge is 2.14. The van der Waals surface area contributed by atoms with Gasteiger partial charge in [0.25, 0.3) is 0 Å². The summed E-state index contributed by atoms with van der Waals surface area (Å²) >= 11 is 0. The van der Waals surface area contributed by atoms with Gasteiger partial charge in [-0.15, -0.1) is 0 Å². The molecule has 2 aromatic rings. The van der Waals surface area contributed by atoms with Gasteiger partial charge < -0.3 is 10.1 Å². The molecule has 0 amide bonds. The highest BCUT2D eigenvalue weighted by Crippen LogP contribution is 2.25. The van der Waals surface area contributed by atoms with E-state index in [1.807, 2.05) is 31.2 Å². The molecule has 0 saturated carbocycles. The van der Waals surface area contributed by atoms with Gasteiger partial charge in [-0.25, -0.2) is 4.39 Å². The van der Waals surface area contributed by atoms with Crippen LogP contribution in [0.4, 0.5) is 4.39 Å². The second-order valence-corrected chi connectivity index (χ2v) is 4.85. The van der Waals surface area contributed by atoms with E-state index in [4.69, 9.17) is 4.74 Å². The Balaban J connectivity index is 2.29. The van der Waals surface area contributed by atoms with E-state index in [0.29, 0.717) is 6.61 Å². The molecule has 0 aliphatic carbocycles. The first-order valence-corrected chi connectivity index (χ1v) is 7.31. The van der Waals surface area contributed by atoms with Crippen LogP contribution in [0.1, 0.15) is 37.4 Å². The summed E-state index contributed by atoms with van der Waals surface area (Å²) in [5.74, 6) is 0.510. The van der Waals surface area contributed by atoms with Gasteiger partial charge in [0.2, 0.25) is 0 Å². The number of pyridine rings is 1. The molecule has 0 saturated heterocycles. The maximum absolute atomic E-state index is 13.4. The molecule has 0 aliphatic rings. The molecule has 2 rings (SSSR count).